The normalized spacial score (nSPS) is 10.4. The maximum Gasteiger partial charge on any atom is 0.319 e. The molecule has 0 aliphatic carbocycles. The van der Waals surface area contributed by atoms with Crippen molar-refractivity contribution in [1.82, 2.24) is 4.90 Å². The number of methoxy groups -OCH3 is 1. The molecule has 5 nitrogen and oxygen atoms in total. The molecule has 1 rings (SSSR count). The van der Waals surface area contributed by atoms with Gasteiger partial charge in [-0.1, -0.05) is 17.7 Å². The topological polar surface area (TPSA) is 58.6 Å². The fourth-order valence-electron chi connectivity index (χ4n) is 1.50. The minimum Gasteiger partial charge on any atom is -0.468 e. The summed E-state index contributed by atoms with van der Waals surface area (Å²) in [6, 6.07) is 5.38. The lowest BCUT2D eigenvalue weighted by atomic mass is 10.2. The summed E-state index contributed by atoms with van der Waals surface area (Å²) in [6.45, 7) is 2.06. The van der Waals surface area contributed by atoms with Crippen molar-refractivity contribution in [3.63, 3.8) is 0 Å². The van der Waals surface area contributed by atoms with Gasteiger partial charge in [0.25, 0.3) is 0 Å². The van der Waals surface area contributed by atoms with Crippen LogP contribution in [0.3, 0.4) is 0 Å². The first-order valence-corrected chi connectivity index (χ1v) is 6.11. The molecule has 0 aromatic heterocycles. The molecule has 0 saturated carbocycles. The number of halogens is 1. The summed E-state index contributed by atoms with van der Waals surface area (Å²) in [6.07, 6.45) is 0. The summed E-state index contributed by atoms with van der Waals surface area (Å²) in [7, 11) is 2.97. The van der Waals surface area contributed by atoms with Crippen molar-refractivity contribution < 1.29 is 14.3 Å². The van der Waals surface area contributed by atoms with Crippen molar-refractivity contribution in [3.8, 4) is 0 Å². The Morgan fingerprint density at radius 1 is 1.37 bits per heavy atom. The lowest BCUT2D eigenvalue weighted by molar-refractivity contribution is -0.141. The fourth-order valence-corrected chi connectivity index (χ4v) is 1.78. The average Bonchev–Trinajstić information content (AvgIpc) is 2.32. The van der Waals surface area contributed by atoms with Gasteiger partial charge in [-0.25, -0.2) is 0 Å². The zero-order valence-corrected chi connectivity index (χ0v) is 12.0. The summed E-state index contributed by atoms with van der Waals surface area (Å²) in [5, 5.41) is 3.18. The quantitative estimate of drug-likeness (QED) is 0.836. The maximum atomic E-state index is 11.8. The molecule has 0 saturated heterocycles. The van der Waals surface area contributed by atoms with Gasteiger partial charge < -0.3 is 10.1 Å². The second kappa shape index (κ2) is 7.11. The third-order valence-electron chi connectivity index (χ3n) is 2.44. The molecule has 1 N–H and O–H groups in total. The van der Waals surface area contributed by atoms with E-state index in [1.807, 2.05) is 13.0 Å². The number of anilines is 1. The van der Waals surface area contributed by atoms with E-state index in [0.29, 0.717) is 10.7 Å². The molecule has 1 aromatic rings. The Hall–Kier alpha value is -1.59. The van der Waals surface area contributed by atoms with Crippen LogP contribution < -0.4 is 5.32 Å². The summed E-state index contributed by atoms with van der Waals surface area (Å²) >= 11 is 6.01. The average molecular weight is 285 g/mol. The Morgan fingerprint density at radius 2 is 2.05 bits per heavy atom. The van der Waals surface area contributed by atoms with Crippen LogP contribution in [0.4, 0.5) is 5.69 Å². The summed E-state index contributed by atoms with van der Waals surface area (Å²) in [5.41, 5.74) is 1.58. The van der Waals surface area contributed by atoms with E-state index in [1.54, 1.807) is 24.1 Å². The monoisotopic (exact) mass is 284 g/mol. The van der Waals surface area contributed by atoms with Gasteiger partial charge in [0.2, 0.25) is 5.91 Å². The van der Waals surface area contributed by atoms with Crippen molar-refractivity contribution >= 4 is 29.2 Å². The van der Waals surface area contributed by atoms with Crippen LogP contribution in [0.15, 0.2) is 18.2 Å². The number of rotatable bonds is 5. The van der Waals surface area contributed by atoms with Gasteiger partial charge in [0, 0.05) is 0 Å². The van der Waals surface area contributed by atoms with Crippen LogP contribution in [0, 0.1) is 6.92 Å². The van der Waals surface area contributed by atoms with Crippen LogP contribution >= 0.6 is 11.6 Å². The smallest absolute Gasteiger partial charge is 0.319 e. The molecule has 0 aliphatic rings. The van der Waals surface area contributed by atoms with Crippen molar-refractivity contribution in [2.75, 3.05) is 32.6 Å². The molecular weight excluding hydrogens is 268 g/mol. The molecule has 19 heavy (non-hydrogen) atoms. The number of nitrogens with one attached hydrogen (secondary N) is 1. The molecule has 0 bridgehead atoms. The Kier molecular flexibility index (Phi) is 5.79. The third kappa shape index (κ3) is 5.28. The van der Waals surface area contributed by atoms with Gasteiger partial charge in [-0.05, 0) is 31.7 Å². The van der Waals surface area contributed by atoms with Crippen molar-refractivity contribution in [1.29, 1.82) is 0 Å². The SMILES string of the molecule is COC(=O)CN(C)CC(=O)Nc1ccc(C)cc1Cl. The molecule has 6 heteroatoms. The second-order valence-electron chi connectivity index (χ2n) is 4.28. The van der Waals surface area contributed by atoms with E-state index in [4.69, 9.17) is 11.6 Å². The Labute approximate surface area is 117 Å². The number of ether oxygens (including phenoxy) is 1. The number of benzene rings is 1. The number of likely N-dealkylation sites (N-methyl/N-ethyl adjacent to an activating group) is 1. The fraction of sp³-hybridized carbons (Fsp3) is 0.385. The number of hydrogen-bond acceptors (Lipinski definition) is 4. The second-order valence-corrected chi connectivity index (χ2v) is 4.69. The molecule has 1 amide bonds. The molecular formula is C13H17ClN2O3. The van der Waals surface area contributed by atoms with Gasteiger partial charge in [-0.15, -0.1) is 0 Å². The highest BCUT2D eigenvalue weighted by Crippen LogP contribution is 2.22. The van der Waals surface area contributed by atoms with Gasteiger partial charge in [-0.2, -0.15) is 0 Å². The van der Waals surface area contributed by atoms with E-state index in [2.05, 4.69) is 10.1 Å². The number of amides is 1. The highest BCUT2D eigenvalue weighted by atomic mass is 35.5. The Bertz CT molecular complexity index is 477. The highest BCUT2D eigenvalue weighted by molar-refractivity contribution is 6.33. The Morgan fingerprint density at radius 3 is 2.63 bits per heavy atom. The molecule has 0 aliphatic heterocycles. The number of nitrogens with zero attached hydrogens (tertiary/aromatic N) is 1. The van der Waals surface area contributed by atoms with Crippen LogP contribution in [0.2, 0.25) is 5.02 Å². The number of aryl methyl sites for hydroxylation is 1. The molecule has 0 unspecified atom stereocenters. The zero-order valence-electron chi connectivity index (χ0n) is 11.2. The van der Waals surface area contributed by atoms with Crippen molar-refractivity contribution in [2.45, 2.75) is 6.92 Å². The number of hydrogen-bond donors (Lipinski definition) is 1. The first kappa shape index (κ1) is 15.5. The van der Waals surface area contributed by atoms with Crippen molar-refractivity contribution in [2.24, 2.45) is 0 Å². The first-order valence-electron chi connectivity index (χ1n) is 5.73. The van der Waals surface area contributed by atoms with E-state index in [0.717, 1.165) is 5.56 Å². The molecule has 1 aromatic carbocycles. The largest absolute Gasteiger partial charge is 0.468 e. The highest BCUT2D eigenvalue weighted by Gasteiger charge is 2.12. The Balaban J connectivity index is 2.53. The minimum absolute atomic E-state index is 0.0611. The summed E-state index contributed by atoms with van der Waals surface area (Å²) in [5.74, 6) is -0.624. The molecule has 0 radical (unpaired) electrons. The lowest BCUT2D eigenvalue weighted by Crippen LogP contribution is -2.34. The first-order chi connectivity index (χ1) is 8.92. The van der Waals surface area contributed by atoms with Gasteiger partial charge in [0.1, 0.15) is 0 Å². The van der Waals surface area contributed by atoms with E-state index >= 15 is 0 Å². The standard InChI is InChI=1S/C13H17ClN2O3/c1-9-4-5-11(10(14)6-9)15-12(17)7-16(2)8-13(18)19-3/h4-6H,7-8H2,1-3H3,(H,15,17). The van der Waals surface area contributed by atoms with E-state index in [1.165, 1.54) is 7.11 Å². The van der Waals surface area contributed by atoms with E-state index in [-0.39, 0.29) is 25.0 Å². The van der Waals surface area contributed by atoms with Gasteiger partial charge >= 0.3 is 5.97 Å². The van der Waals surface area contributed by atoms with Crippen LogP contribution in [-0.4, -0.2) is 44.0 Å². The van der Waals surface area contributed by atoms with Gasteiger partial charge in [0.05, 0.1) is 30.9 Å². The molecule has 104 valence electrons. The maximum absolute atomic E-state index is 11.8. The third-order valence-corrected chi connectivity index (χ3v) is 2.75. The van der Waals surface area contributed by atoms with Gasteiger partial charge in [0.15, 0.2) is 0 Å². The van der Waals surface area contributed by atoms with Crippen LogP contribution in [0.1, 0.15) is 5.56 Å². The van der Waals surface area contributed by atoms with E-state index < -0.39 is 0 Å². The molecule has 0 heterocycles. The van der Waals surface area contributed by atoms with Gasteiger partial charge in [-0.3, -0.25) is 14.5 Å². The predicted molar refractivity (Wildman–Crippen MR) is 74.3 cm³/mol. The number of carbonyl (C=O) groups is 2. The lowest BCUT2D eigenvalue weighted by Gasteiger charge is -2.15. The van der Waals surface area contributed by atoms with Crippen LogP contribution in [0.25, 0.3) is 0 Å². The van der Waals surface area contributed by atoms with E-state index in [9.17, 15) is 9.59 Å². The molecule has 0 fully saturated rings. The molecule has 0 atom stereocenters. The summed E-state index contributed by atoms with van der Waals surface area (Å²) < 4.78 is 4.52. The van der Waals surface area contributed by atoms with Crippen LogP contribution in [0.5, 0.6) is 0 Å². The predicted octanol–water partition coefficient (Wildman–Crippen LogP) is 1.69. The minimum atomic E-state index is -0.385. The number of esters is 1. The zero-order chi connectivity index (χ0) is 14.4. The van der Waals surface area contributed by atoms with Crippen LogP contribution in [-0.2, 0) is 14.3 Å². The summed E-state index contributed by atoms with van der Waals surface area (Å²) in [4.78, 5) is 24.4. The number of carbonyl (C=O) groups excluding carboxylic acids is 2. The molecule has 0 spiro atoms. The van der Waals surface area contributed by atoms with Crippen molar-refractivity contribution in [3.05, 3.63) is 28.8 Å².